The van der Waals surface area contributed by atoms with Gasteiger partial charge in [0.15, 0.2) is 0 Å². The standard InChI is InChI=1S/C13H15NO2/c1-9(2)10-4-3-5-11(12(10)16)13(6-7-13)14-8-15/h3-5,9,16H,6-7H2,1-2H3. The van der Waals surface area contributed by atoms with Crippen LogP contribution in [0.1, 0.15) is 43.7 Å². The Hall–Kier alpha value is -1.60. The van der Waals surface area contributed by atoms with E-state index >= 15 is 0 Å². The summed E-state index contributed by atoms with van der Waals surface area (Å²) < 4.78 is 0. The lowest BCUT2D eigenvalue weighted by atomic mass is 9.95. The number of nitrogens with zero attached hydrogens (tertiary/aromatic N) is 1. The van der Waals surface area contributed by atoms with Crippen LogP contribution in [0.15, 0.2) is 23.2 Å². The number of rotatable bonds is 3. The molecule has 0 spiro atoms. The molecule has 0 amide bonds. The van der Waals surface area contributed by atoms with Crippen molar-refractivity contribution in [1.29, 1.82) is 0 Å². The summed E-state index contributed by atoms with van der Waals surface area (Å²) >= 11 is 0. The summed E-state index contributed by atoms with van der Waals surface area (Å²) in [6, 6.07) is 5.66. The Balaban J connectivity index is 2.50. The summed E-state index contributed by atoms with van der Waals surface area (Å²) in [4.78, 5) is 14.2. The largest absolute Gasteiger partial charge is 0.507 e. The highest BCUT2D eigenvalue weighted by Crippen LogP contribution is 2.53. The van der Waals surface area contributed by atoms with E-state index in [2.05, 4.69) is 4.99 Å². The van der Waals surface area contributed by atoms with Gasteiger partial charge in [0.2, 0.25) is 6.08 Å². The molecule has 0 saturated heterocycles. The van der Waals surface area contributed by atoms with Crippen molar-refractivity contribution in [3.63, 3.8) is 0 Å². The first kappa shape index (κ1) is 10.9. The molecule has 84 valence electrons. The number of para-hydroxylation sites is 1. The highest BCUT2D eigenvalue weighted by atomic mass is 16.3. The molecule has 0 radical (unpaired) electrons. The number of aliphatic imine (C=N–C) groups is 1. The van der Waals surface area contributed by atoms with Crippen LogP contribution < -0.4 is 0 Å². The maximum absolute atomic E-state index is 10.4. The van der Waals surface area contributed by atoms with Crippen molar-refractivity contribution in [2.24, 2.45) is 4.99 Å². The number of hydrogen-bond acceptors (Lipinski definition) is 3. The van der Waals surface area contributed by atoms with Gasteiger partial charge < -0.3 is 5.11 Å². The van der Waals surface area contributed by atoms with Crippen molar-refractivity contribution in [2.45, 2.75) is 38.1 Å². The van der Waals surface area contributed by atoms with Crippen LogP contribution in [0.5, 0.6) is 5.75 Å². The summed E-state index contributed by atoms with van der Waals surface area (Å²) in [5.74, 6) is 0.546. The molecule has 3 heteroatoms. The summed E-state index contributed by atoms with van der Waals surface area (Å²) in [7, 11) is 0. The predicted octanol–water partition coefficient (Wildman–Crippen LogP) is 2.84. The SMILES string of the molecule is CC(C)c1cccc(C2(N=C=O)CC2)c1O. The molecule has 3 nitrogen and oxygen atoms in total. The van der Waals surface area contributed by atoms with E-state index in [1.54, 1.807) is 6.08 Å². The molecule has 0 aromatic heterocycles. The van der Waals surface area contributed by atoms with E-state index in [4.69, 9.17) is 0 Å². The molecule has 1 aromatic carbocycles. The van der Waals surface area contributed by atoms with Gasteiger partial charge in [-0.3, -0.25) is 0 Å². The summed E-state index contributed by atoms with van der Waals surface area (Å²) in [5.41, 5.74) is 1.18. The minimum absolute atomic E-state index is 0.260. The molecule has 0 bridgehead atoms. The predicted molar refractivity (Wildman–Crippen MR) is 61.2 cm³/mol. The Morgan fingerprint density at radius 3 is 2.62 bits per heavy atom. The van der Waals surface area contributed by atoms with Gasteiger partial charge in [-0.05, 0) is 24.3 Å². The van der Waals surface area contributed by atoms with Gasteiger partial charge in [0.25, 0.3) is 0 Å². The Bertz CT molecular complexity index is 455. The molecule has 0 unspecified atom stereocenters. The topological polar surface area (TPSA) is 49.7 Å². The van der Waals surface area contributed by atoms with Gasteiger partial charge >= 0.3 is 0 Å². The smallest absolute Gasteiger partial charge is 0.235 e. The van der Waals surface area contributed by atoms with Crippen LogP contribution in [0, 0.1) is 0 Å². The fraction of sp³-hybridized carbons (Fsp3) is 0.462. The van der Waals surface area contributed by atoms with E-state index in [0.29, 0.717) is 0 Å². The van der Waals surface area contributed by atoms with Crippen molar-refractivity contribution >= 4 is 6.08 Å². The lowest BCUT2D eigenvalue weighted by Crippen LogP contribution is -2.04. The second-order valence-corrected chi connectivity index (χ2v) is 4.63. The van der Waals surface area contributed by atoms with Crippen molar-refractivity contribution in [3.05, 3.63) is 29.3 Å². The highest BCUT2D eigenvalue weighted by molar-refractivity contribution is 5.50. The van der Waals surface area contributed by atoms with E-state index in [9.17, 15) is 9.90 Å². The second kappa shape index (κ2) is 3.76. The third-order valence-electron chi connectivity index (χ3n) is 3.17. The van der Waals surface area contributed by atoms with Crippen LogP contribution >= 0.6 is 0 Å². The number of phenols is 1. The molecule has 16 heavy (non-hydrogen) atoms. The Morgan fingerprint density at radius 1 is 1.44 bits per heavy atom. The fourth-order valence-corrected chi connectivity index (χ4v) is 2.05. The maximum Gasteiger partial charge on any atom is 0.235 e. The normalized spacial score (nSPS) is 16.9. The average Bonchev–Trinajstić information content (AvgIpc) is 2.99. The molecule has 2 rings (SSSR count). The molecule has 1 fully saturated rings. The van der Waals surface area contributed by atoms with E-state index in [1.165, 1.54) is 0 Å². The fourth-order valence-electron chi connectivity index (χ4n) is 2.05. The second-order valence-electron chi connectivity index (χ2n) is 4.63. The van der Waals surface area contributed by atoms with Crippen molar-refractivity contribution in [2.75, 3.05) is 0 Å². The molecular formula is C13H15NO2. The first-order valence-corrected chi connectivity index (χ1v) is 5.52. The number of carbonyl (C=O) groups excluding carboxylic acids is 1. The minimum Gasteiger partial charge on any atom is -0.507 e. The lowest BCUT2D eigenvalue weighted by Gasteiger charge is -2.15. The third-order valence-corrected chi connectivity index (χ3v) is 3.17. The molecule has 1 aliphatic carbocycles. The zero-order valence-electron chi connectivity index (χ0n) is 9.53. The molecule has 0 aliphatic heterocycles. The van der Waals surface area contributed by atoms with Crippen molar-refractivity contribution in [3.8, 4) is 5.75 Å². The van der Waals surface area contributed by atoms with Gasteiger partial charge in [-0.15, -0.1) is 0 Å². The quantitative estimate of drug-likeness (QED) is 0.625. The molecule has 1 saturated carbocycles. The first-order chi connectivity index (χ1) is 7.60. The molecular weight excluding hydrogens is 202 g/mol. The molecule has 0 atom stereocenters. The third kappa shape index (κ3) is 1.63. The zero-order valence-corrected chi connectivity index (χ0v) is 9.53. The Morgan fingerprint density at radius 2 is 2.12 bits per heavy atom. The lowest BCUT2D eigenvalue weighted by molar-refractivity contribution is 0.449. The van der Waals surface area contributed by atoms with Gasteiger partial charge in [-0.1, -0.05) is 32.0 Å². The van der Waals surface area contributed by atoms with E-state index < -0.39 is 5.54 Å². The van der Waals surface area contributed by atoms with E-state index in [-0.39, 0.29) is 11.7 Å². The van der Waals surface area contributed by atoms with Gasteiger partial charge in [0.05, 0.1) is 0 Å². The van der Waals surface area contributed by atoms with Gasteiger partial charge in [0, 0.05) is 5.56 Å². The Labute approximate surface area is 94.8 Å². The summed E-state index contributed by atoms with van der Waals surface area (Å²) in [6.07, 6.45) is 3.24. The van der Waals surface area contributed by atoms with E-state index in [0.717, 1.165) is 24.0 Å². The molecule has 1 aromatic rings. The molecule has 1 aliphatic rings. The van der Waals surface area contributed by atoms with Gasteiger partial charge in [-0.2, -0.15) is 4.99 Å². The first-order valence-electron chi connectivity index (χ1n) is 5.52. The monoisotopic (exact) mass is 217 g/mol. The number of isocyanates is 1. The number of aromatic hydroxyl groups is 1. The maximum atomic E-state index is 10.4. The van der Waals surface area contributed by atoms with Crippen molar-refractivity contribution in [1.82, 2.24) is 0 Å². The molecule has 0 heterocycles. The van der Waals surface area contributed by atoms with Crippen LogP contribution in [0.25, 0.3) is 0 Å². The Kier molecular flexibility index (Phi) is 2.56. The van der Waals surface area contributed by atoms with Gasteiger partial charge in [0.1, 0.15) is 11.3 Å². The number of benzene rings is 1. The molecule has 1 N–H and O–H groups in total. The van der Waals surface area contributed by atoms with Crippen LogP contribution in [-0.2, 0) is 10.3 Å². The van der Waals surface area contributed by atoms with Crippen LogP contribution in [0.3, 0.4) is 0 Å². The van der Waals surface area contributed by atoms with Crippen LogP contribution in [0.2, 0.25) is 0 Å². The zero-order chi connectivity index (χ0) is 11.8. The van der Waals surface area contributed by atoms with Crippen LogP contribution in [0.4, 0.5) is 0 Å². The average molecular weight is 217 g/mol. The van der Waals surface area contributed by atoms with Crippen LogP contribution in [-0.4, -0.2) is 11.2 Å². The summed E-state index contributed by atoms with van der Waals surface area (Å²) in [6.45, 7) is 4.06. The minimum atomic E-state index is -0.489. The van der Waals surface area contributed by atoms with Gasteiger partial charge in [-0.25, -0.2) is 4.79 Å². The van der Waals surface area contributed by atoms with Crippen molar-refractivity contribution < 1.29 is 9.90 Å². The van der Waals surface area contributed by atoms with E-state index in [1.807, 2.05) is 32.0 Å². The number of hydrogen-bond donors (Lipinski definition) is 1. The number of phenolic OH excluding ortho intramolecular Hbond substituents is 1. The highest BCUT2D eigenvalue weighted by Gasteiger charge is 2.46. The summed E-state index contributed by atoms with van der Waals surface area (Å²) in [5, 5.41) is 10.2.